The number of carbonyl (C=O) groups excluding carboxylic acids is 2. The van der Waals surface area contributed by atoms with Crippen molar-refractivity contribution < 1.29 is 19.1 Å². The molecule has 0 aliphatic rings. The number of benzene rings is 1. The number of nitrogen functional groups attached to an aromatic ring is 1. The third kappa shape index (κ3) is 4.29. The van der Waals surface area contributed by atoms with Crippen molar-refractivity contribution in [2.45, 2.75) is 20.8 Å². The highest BCUT2D eigenvalue weighted by molar-refractivity contribution is 7.21. The Morgan fingerprint density at radius 1 is 1.09 bits per heavy atom. The van der Waals surface area contributed by atoms with Gasteiger partial charge in [-0.15, -0.1) is 22.7 Å². The zero-order valence-electron chi connectivity index (χ0n) is 18.6. The summed E-state index contributed by atoms with van der Waals surface area (Å²) in [6, 6.07) is 11.3. The van der Waals surface area contributed by atoms with Gasteiger partial charge in [-0.25, -0.2) is 9.78 Å². The number of fused-ring (bicyclic) bond motifs is 1. The summed E-state index contributed by atoms with van der Waals surface area (Å²) in [6.07, 6.45) is 0. The number of aryl methyl sites for hydroxylation is 1. The second kappa shape index (κ2) is 9.21. The first-order valence-corrected chi connectivity index (χ1v) is 11.9. The molecular formula is C24H23N3O4S2. The smallest absolute Gasteiger partial charge is 0.341 e. The highest BCUT2D eigenvalue weighted by Gasteiger charge is 2.24. The van der Waals surface area contributed by atoms with E-state index in [1.807, 2.05) is 50.2 Å². The number of hydrogen-bond acceptors (Lipinski definition) is 8. The molecule has 33 heavy (non-hydrogen) atoms. The van der Waals surface area contributed by atoms with E-state index >= 15 is 0 Å². The highest BCUT2D eigenvalue weighted by Crippen LogP contribution is 2.37. The van der Waals surface area contributed by atoms with E-state index in [0.717, 1.165) is 27.4 Å². The van der Waals surface area contributed by atoms with E-state index in [1.54, 1.807) is 14.0 Å². The normalized spacial score (nSPS) is 10.9. The number of esters is 1. The van der Waals surface area contributed by atoms with Crippen LogP contribution in [-0.4, -0.2) is 30.6 Å². The number of anilines is 2. The van der Waals surface area contributed by atoms with Gasteiger partial charge >= 0.3 is 5.97 Å². The molecule has 0 saturated heterocycles. The molecule has 0 aliphatic heterocycles. The SMILES string of the molecule is CCOC(=O)c1c(NC(=O)c2sc3nc(-c4ccc(OC)cc4)ccc3c2N)sc(C)c1C. The predicted molar refractivity (Wildman–Crippen MR) is 134 cm³/mol. The van der Waals surface area contributed by atoms with Crippen molar-refractivity contribution in [3.05, 3.63) is 57.3 Å². The number of amides is 1. The molecule has 0 saturated carbocycles. The maximum Gasteiger partial charge on any atom is 0.341 e. The number of ether oxygens (including phenoxy) is 2. The number of methoxy groups -OCH3 is 1. The Hall–Kier alpha value is -3.43. The van der Waals surface area contributed by atoms with Crippen LogP contribution in [0, 0.1) is 13.8 Å². The van der Waals surface area contributed by atoms with Crippen molar-refractivity contribution in [2.75, 3.05) is 24.8 Å². The molecule has 0 radical (unpaired) electrons. The zero-order chi connectivity index (χ0) is 23.7. The minimum Gasteiger partial charge on any atom is -0.497 e. The van der Waals surface area contributed by atoms with E-state index in [1.165, 1.54) is 22.7 Å². The molecule has 3 heterocycles. The van der Waals surface area contributed by atoms with Crippen molar-refractivity contribution >= 4 is 55.5 Å². The average Bonchev–Trinajstić information content (AvgIpc) is 3.29. The van der Waals surface area contributed by atoms with E-state index in [0.29, 0.717) is 31.3 Å². The second-order valence-electron chi connectivity index (χ2n) is 7.28. The molecular weight excluding hydrogens is 458 g/mol. The van der Waals surface area contributed by atoms with E-state index < -0.39 is 5.97 Å². The fourth-order valence-corrected chi connectivity index (χ4v) is 5.44. The van der Waals surface area contributed by atoms with Gasteiger partial charge in [0.05, 0.1) is 30.7 Å². The van der Waals surface area contributed by atoms with Crippen molar-refractivity contribution in [1.82, 2.24) is 4.98 Å². The lowest BCUT2D eigenvalue weighted by Gasteiger charge is -2.06. The van der Waals surface area contributed by atoms with Gasteiger partial charge < -0.3 is 20.5 Å². The predicted octanol–water partition coefficient (Wildman–Crippen LogP) is 5.66. The molecule has 0 atom stereocenters. The van der Waals surface area contributed by atoms with Gasteiger partial charge in [0.15, 0.2) is 0 Å². The van der Waals surface area contributed by atoms with Gasteiger partial charge in [-0.1, -0.05) is 0 Å². The van der Waals surface area contributed by atoms with Crippen LogP contribution >= 0.6 is 22.7 Å². The number of carbonyl (C=O) groups is 2. The van der Waals surface area contributed by atoms with Gasteiger partial charge in [0, 0.05) is 15.8 Å². The van der Waals surface area contributed by atoms with Gasteiger partial charge in [-0.05, 0) is 62.7 Å². The van der Waals surface area contributed by atoms with Gasteiger partial charge in [0.1, 0.15) is 20.5 Å². The monoisotopic (exact) mass is 481 g/mol. The largest absolute Gasteiger partial charge is 0.497 e. The minimum absolute atomic E-state index is 0.256. The minimum atomic E-state index is -0.454. The zero-order valence-corrected chi connectivity index (χ0v) is 20.3. The second-order valence-corrected chi connectivity index (χ2v) is 9.51. The Bertz CT molecular complexity index is 1360. The summed E-state index contributed by atoms with van der Waals surface area (Å²) in [5.41, 5.74) is 9.55. The number of nitrogens with two attached hydrogens (primary N) is 1. The van der Waals surface area contributed by atoms with Crippen LogP contribution in [0.5, 0.6) is 5.75 Å². The standard InChI is InChI=1S/C24H23N3O4S2/c1-5-31-24(29)18-12(2)13(3)32-23(18)27-21(28)20-19(25)16-10-11-17(26-22(16)33-20)14-6-8-15(30-4)9-7-14/h6-11H,5,25H2,1-4H3,(H,27,28). The van der Waals surface area contributed by atoms with Crippen molar-refractivity contribution in [2.24, 2.45) is 0 Å². The first kappa shape index (κ1) is 22.8. The van der Waals surface area contributed by atoms with Gasteiger partial charge in [-0.2, -0.15) is 0 Å². The van der Waals surface area contributed by atoms with Crippen LogP contribution in [0.25, 0.3) is 21.5 Å². The molecule has 0 spiro atoms. The van der Waals surface area contributed by atoms with Crippen molar-refractivity contribution in [3.8, 4) is 17.0 Å². The quantitative estimate of drug-likeness (QED) is 0.344. The van der Waals surface area contributed by atoms with Crippen LogP contribution in [0.2, 0.25) is 0 Å². The lowest BCUT2D eigenvalue weighted by atomic mass is 10.1. The lowest BCUT2D eigenvalue weighted by molar-refractivity contribution is 0.0527. The summed E-state index contributed by atoms with van der Waals surface area (Å²) in [5.74, 6) is -0.0709. The number of nitrogens with one attached hydrogen (secondary N) is 1. The van der Waals surface area contributed by atoms with Crippen LogP contribution in [0.15, 0.2) is 36.4 Å². The lowest BCUT2D eigenvalue weighted by Crippen LogP contribution is -2.15. The number of hydrogen-bond donors (Lipinski definition) is 2. The van der Waals surface area contributed by atoms with Gasteiger partial charge in [0.2, 0.25) is 0 Å². The first-order valence-electron chi connectivity index (χ1n) is 10.3. The molecule has 1 amide bonds. The molecule has 4 aromatic rings. The summed E-state index contributed by atoms with van der Waals surface area (Å²) >= 11 is 2.56. The summed E-state index contributed by atoms with van der Waals surface area (Å²) in [7, 11) is 1.62. The fraction of sp³-hybridized carbons (Fsp3) is 0.208. The van der Waals surface area contributed by atoms with Gasteiger partial charge in [-0.3, -0.25) is 4.79 Å². The summed E-state index contributed by atoms with van der Waals surface area (Å²) in [5, 5.41) is 4.03. The molecule has 7 nitrogen and oxygen atoms in total. The number of pyridine rings is 1. The molecule has 0 aliphatic carbocycles. The highest BCUT2D eigenvalue weighted by atomic mass is 32.1. The topological polar surface area (TPSA) is 104 Å². The summed E-state index contributed by atoms with van der Waals surface area (Å²) in [4.78, 5) is 32.2. The Labute approximate surface area is 199 Å². The van der Waals surface area contributed by atoms with E-state index in [2.05, 4.69) is 5.32 Å². The Kier molecular flexibility index (Phi) is 6.35. The molecule has 0 unspecified atom stereocenters. The third-order valence-electron chi connectivity index (χ3n) is 5.28. The molecule has 170 valence electrons. The molecule has 4 rings (SSSR count). The molecule has 1 aromatic carbocycles. The maximum atomic E-state index is 13.1. The molecule has 9 heteroatoms. The molecule has 3 N–H and O–H groups in total. The van der Waals surface area contributed by atoms with Crippen LogP contribution in [0.4, 0.5) is 10.7 Å². The third-order valence-corrected chi connectivity index (χ3v) is 7.51. The molecule has 0 bridgehead atoms. The molecule has 3 aromatic heterocycles. The van der Waals surface area contributed by atoms with Crippen LogP contribution in [0.1, 0.15) is 37.4 Å². The molecule has 0 fully saturated rings. The average molecular weight is 482 g/mol. The van der Waals surface area contributed by atoms with Crippen molar-refractivity contribution in [3.63, 3.8) is 0 Å². The van der Waals surface area contributed by atoms with Crippen LogP contribution in [0.3, 0.4) is 0 Å². The number of aromatic nitrogens is 1. The summed E-state index contributed by atoms with van der Waals surface area (Å²) < 4.78 is 10.4. The van der Waals surface area contributed by atoms with Crippen LogP contribution in [-0.2, 0) is 4.74 Å². The fourth-order valence-electron chi connectivity index (χ4n) is 3.41. The number of rotatable bonds is 6. The van der Waals surface area contributed by atoms with Crippen molar-refractivity contribution in [1.29, 1.82) is 0 Å². The first-order chi connectivity index (χ1) is 15.8. The van der Waals surface area contributed by atoms with E-state index in [9.17, 15) is 9.59 Å². The number of thiophene rings is 2. The Morgan fingerprint density at radius 2 is 1.82 bits per heavy atom. The number of nitrogens with zero attached hydrogens (tertiary/aromatic N) is 1. The Balaban J connectivity index is 1.66. The van der Waals surface area contributed by atoms with E-state index in [-0.39, 0.29) is 12.5 Å². The Morgan fingerprint density at radius 3 is 2.48 bits per heavy atom. The summed E-state index contributed by atoms with van der Waals surface area (Å²) in [6.45, 7) is 5.74. The van der Waals surface area contributed by atoms with E-state index in [4.69, 9.17) is 20.2 Å². The maximum absolute atomic E-state index is 13.1. The van der Waals surface area contributed by atoms with Crippen LogP contribution < -0.4 is 15.8 Å². The van der Waals surface area contributed by atoms with Gasteiger partial charge in [0.25, 0.3) is 5.91 Å².